The molecule has 2 N–H and O–H groups in total. The second kappa shape index (κ2) is 8.22. The molecule has 0 fully saturated rings. The van der Waals surface area contributed by atoms with Crippen LogP contribution in [0.1, 0.15) is 48.2 Å². The van der Waals surface area contributed by atoms with E-state index < -0.39 is 16.0 Å². The molecule has 28 heavy (non-hydrogen) atoms. The number of fused-ring (bicyclic) bond motifs is 1. The Hall–Kier alpha value is -2.54. The molecule has 0 aliphatic heterocycles. The van der Waals surface area contributed by atoms with Gasteiger partial charge in [0, 0.05) is 18.8 Å². The first-order valence-electron chi connectivity index (χ1n) is 9.62. The Bertz CT molecular complexity index is 982. The van der Waals surface area contributed by atoms with Crippen LogP contribution in [-0.4, -0.2) is 32.6 Å². The van der Waals surface area contributed by atoms with Crippen molar-refractivity contribution >= 4 is 27.4 Å². The van der Waals surface area contributed by atoms with Gasteiger partial charge in [-0.2, -0.15) is 0 Å². The van der Waals surface area contributed by atoms with Gasteiger partial charge in [-0.15, -0.1) is 0 Å². The Labute approximate surface area is 166 Å². The van der Waals surface area contributed by atoms with Gasteiger partial charge in [0.1, 0.15) is 0 Å². The van der Waals surface area contributed by atoms with Gasteiger partial charge in [-0.3, -0.25) is 4.72 Å². The number of carbonyl (C=O) groups is 1. The second-order valence-electron chi connectivity index (χ2n) is 6.95. The number of nitrogens with one attached hydrogen (secondary N) is 1. The summed E-state index contributed by atoms with van der Waals surface area (Å²) in [5.74, 6) is -1.09. The van der Waals surface area contributed by atoms with Crippen LogP contribution >= 0.6 is 0 Å². The molecule has 0 saturated heterocycles. The van der Waals surface area contributed by atoms with Gasteiger partial charge < -0.3 is 10.0 Å². The topological polar surface area (TPSA) is 86.7 Å². The maximum absolute atomic E-state index is 12.8. The molecule has 6 nitrogen and oxygen atoms in total. The predicted octanol–water partition coefficient (Wildman–Crippen LogP) is 3.91. The van der Waals surface area contributed by atoms with E-state index in [4.69, 9.17) is 0 Å². The molecule has 0 unspecified atom stereocenters. The number of sulfonamides is 1. The van der Waals surface area contributed by atoms with Crippen LogP contribution in [0, 0.1) is 0 Å². The van der Waals surface area contributed by atoms with E-state index in [9.17, 15) is 18.3 Å². The highest BCUT2D eigenvalue weighted by molar-refractivity contribution is 7.92. The van der Waals surface area contributed by atoms with Crippen molar-refractivity contribution in [2.24, 2.45) is 0 Å². The summed E-state index contributed by atoms with van der Waals surface area (Å²) in [6.07, 6.45) is 4.07. The van der Waals surface area contributed by atoms with E-state index in [0.717, 1.165) is 31.2 Å². The number of aryl methyl sites for hydroxylation is 2. The lowest BCUT2D eigenvalue weighted by molar-refractivity contribution is 0.0697. The molecule has 0 aromatic heterocycles. The molecule has 0 amide bonds. The van der Waals surface area contributed by atoms with Crippen LogP contribution < -0.4 is 9.62 Å². The van der Waals surface area contributed by atoms with E-state index in [1.807, 2.05) is 24.8 Å². The van der Waals surface area contributed by atoms with Crippen LogP contribution in [0.4, 0.5) is 11.4 Å². The largest absolute Gasteiger partial charge is 0.478 e. The average molecular weight is 403 g/mol. The third kappa shape index (κ3) is 4.14. The minimum absolute atomic E-state index is 0.0781. The summed E-state index contributed by atoms with van der Waals surface area (Å²) in [4.78, 5) is 13.8. The van der Waals surface area contributed by atoms with Crippen molar-refractivity contribution in [2.45, 2.75) is 44.4 Å². The molecule has 7 heteroatoms. The Kier molecular flexibility index (Phi) is 5.93. The minimum atomic E-state index is -3.79. The molecular weight excluding hydrogens is 376 g/mol. The molecule has 2 aromatic rings. The van der Waals surface area contributed by atoms with Crippen LogP contribution in [0.2, 0.25) is 0 Å². The molecule has 150 valence electrons. The molecule has 0 bridgehead atoms. The number of rotatable bonds is 7. The van der Waals surface area contributed by atoms with Crippen molar-refractivity contribution in [3.63, 3.8) is 0 Å². The molecule has 2 aromatic carbocycles. The zero-order valence-corrected chi connectivity index (χ0v) is 17.1. The molecule has 0 saturated carbocycles. The zero-order valence-electron chi connectivity index (χ0n) is 16.2. The molecule has 0 radical (unpaired) electrons. The Morgan fingerprint density at radius 2 is 1.71 bits per heavy atom. The smallest absolute Gasteiger partial charge is 0.337 e. The average Bonchev–Trinajstić information content (AvgIpc) is 2.69. The number of hydrogen-bond donors (Lipinski definition) is 2. The quantitative estimate of drug-likeness (QED) is 0.733. The van der Waals surface area contributed by atoms with Gasteiger partial charge in [-0.1, -0.05) is 6.07 Å². The number of nitrogens with zero attached hydrogens (tertiary/aromatic N) is 1. The Balaban J connectivity index is 1.92. The van der Waals surface area contributed by atoms with Crippen LogP contribution in [0.15, 0.2) is 41.3 Å². The van der Waals surface area contributed by atoms with E-state index in [-0.39, 0.29) is 16.1 Å². The summed E-state index contributed by atoms with van der Waals surface area (Å²) in [6, 6.07) is 9.88. The third-order valence-corrected chi connectivity index (χ3v) is 6.59. The van der Waals surface area contributed by atoms with E-state index in [2.05, 4.69) is 4.72 Å². The fraction of sp³-hybridized carbons (Fsp3) is 0.381. The maximum Gasteiger partial charge on any atom is 0.337 e. The van der Waals surface area contributed by atoms with Crippen LogP contribution in [0.25, 0.3) is 0 Å². The normalized spacial score (nSPS) is 13.6. The van der Waals surface area contributed by atoms with E-state index >= 15 is 0 Å². The van der Waals surface area contributed by atoms with Crippen LogP contribution in [0.3, 0.4) is 0 Å². The monoisotopic (exact) mass is 402 g/mol. The van der Waals surface area contributed by atoms with Crippen LogP contribution in [-0.2, 0) is 22.9 Å². The molecule has 1 aliphatic carbocycles. The Morgan fingerprint density at radius 3 is 2.36 bits per heavy atom. The molecule has 0 spiro atoms. The lowest BCUT2D eigenvalue weighted by atomic mass is 9.92. The first-order chi connectivity index (χ1) is 13.4. The second-order valence-corrected chi connectivity index (χ2v) is 8.63. The van der Waals surface area contributed by atoms with Crippen molar-refractivity contribution in [3.05, 3.63) is 53.1 Å². The predicted molar refractivity (Wildman–Crippen MR) is 111 cm³/mol. The highest BCUT2D eigenvalue weighted by atomic mass is 32.2. The van der Waals surface area contributed by atoms with E-state index in [1.165, 1.54) is 11.6 Å². The first kappa shape index (κ1) is 20.2. The lowest BCUT2D eigenvalue weighted by Gasteiger charge is -2.23. The van der Waals surface area contributed by atoms with E-state index in [0.29, 0.717) is 18.8 Å². The summed E-state index contributed by atoms with van der Waals surface area (Å²) in [5.41, 5.74) is 3.19. The fourth-order valence-electron chi connectivity index (χ4n) is 3.70. The van der Waals surface area contributed by atoms with Crippen molar-refractivity contribution in [1.29, 1.82) is 0 Å². The minimum Gasteiger partial charge on any atom is -0.478 e. The summed E-state index contributed by atoms with van der Waals surface area (Å²) in [6.45, 7) is 5.22. The molecule has 0 atom stereocenters. The summed E-state index contributed by atoms with van der Waals surface area (Å²) < 4.78 is 28.2. The van der Waals surface area contributed by atoms with Crippen LogP contribution in [0.5, 0.6) is 0 Å². The highest BCUT2D eigenvalue weighted by Crippen LogP contribution is 2.28. The van der Waals surface area contributed by atoms with Gasteiger partial charge in [0.2, 0.25) is 0 Å². The first-order valence-corrected chi connectivity index (χ1v) is 11.1. The molecular formula is C21H26N2O4S. The summed E-state index contributed by atoms with van der Waals surface area (Å²) >= 11 is 0. The van der Waals surface area contributed by atoms with Gasteiger partial charge in [0.25, 0.3) is 10.0 Å². The summed E-state index contributed by atoms with van der Waals surface area (Å²) in [5, 5.41) is 9.57. The SMILES string of the molecule is CCN(CC)c1ccc(NS(=O)(=O)c2ccc3c(c2)CCCC3)cc1C(=O)O. The fourth-order valence-corrected chi connectivity index (χ4v) is 4.80. The van der Waals surface area contributed by atoms with Gasteiger partial charge in [0.05, 0.1) is 16.1 Å². The van der Waals surface area contributed by atoms with Crippen molar-refractivity contribution < 1.29 is 18.3 Å². The number of aromatic carboxylic acids is 1. The number of hydrogen-bond acceptors (Lipinski definition) is 4. The standard InChI is InChI=1S/C21H26N2O4S/c1-3-23(4-2)20-12-10-17(14-19(20)21(24)25)22-28(26,27)18-11-9-15-7-5-6-8-16(15)13-18/h9-14,22H,3-8H2,1-2H3,(H,24,25). The van der Waals surface area contributed by atoms with Crippen molar-refractivity contribution in [2.75, 3.05) is 22.7 Å². The maximum atomic E-state index is 12.8. The number of carboxylic acid groups (broad SMARTS) is 1. The number of anilines is 2. The molecule has 3 rings (SSSR count). The van der Waals surface area contributed by atoms with Crippen molar-refractivity contribution in [3.8, 4) is 0 Å². The number of benzene rings is 2. The van der Waals surface area contributed by atoms with Gasteiger partial charge in [0.15, 0.2) is 0 Å². The van der Waals surface area contributed by atoms with Gasteiger partial charge in [-0.05, 0) is 81.0 Å². The Morgan fingerprint density at radius 1 is 1.04 bits per heavy atom. The van der Waals surface area contributed by atoms with Gasteiger partial charge in [-0.25, -0.2) is 13.2 Å². The van der Waals surface area contributed by atoms with Crippen molar-refractivity contribution in [1.82, 2.24) is 0 Å². The molecule has 0 heterocycles. The molecule has 1 aliphatic rings. The lowest BCUT2D eigenvalue weighted by Crippen LogP contribution is -2.24. The zero-order chi connectivity index (χ0) is 20.3. The summed E-state index contributed by atoms with van der Waals surface area (Å²) in [7, 11) is -3.79. The number of carboxylic acids is 1. The third-order valence-electron chi connectivity index (χ3n) is 5.21. The van der Waals surface area contributed by atoms with Gasteiger partial charge >= 0.3 is 5.97 Å². The van der Waals surface area contributed by atoms with E-state index in [1.54, 1.807) is 24.3 Å². The highest BCUT2D eigenvalue weighted by Gasteiger charge is 2.20.